The van der Waals surface area contributed by atoms with Crippen molar-refractivity contribution in [2.75, 3.05) is 26.2 Å². The van der Waals surface area contributed by atoms with E-state index in [4.69, 9.17) is 0 Å². The summed E-state index contributed by atoms with van der Waals surface area (Å²) in [7, 11) is 0. The van der Waals surface area contributed by atoms with Crippen LogP contribution in [0.1, 0.15) is 32.7 Å². The summed E-state index contributed by atoms with van der Waals surface area (Å²) in [5.41, 5.74) is 4.65. The van der Waals surface area contributed by atoms with Gasteiger partial charge in [-0.1, -0.05) is 60.7 Å². The summed E-state index contributed by atoms with van der Waals surface area (Å²) in [5.74, 6) is 0.0782. The molecular formula is C26H26N2O2. The van der Waals surface area contributed by atoms with Gasteiger partial charge in [-0.25, -0.2) is 0 Å². The Hall–Kier alpha value is -3.40. The Balaban J connectivity index is 1.42. The first-order valence-electron chi connectivity index (χ1n) is 10.4. The molecule has 3 aromatic rings. The summed E-state index contributed by atoms with van der Waals surface area (Å²) in [6.45, 7) is 4.40. The maximum atomic E-state index is 13.0. The van der Waals surface area contributed by atoms with Crippen molar-refractivity contribution in [1.82, 2.24) is 9.80 Å². The van der Waals surface area contributed by atoms with Gasteiger partial charge < -0.3 is 9.80 Å². The predicted molar refractivity (Wildman–Crippen MR) is 119 cm³/mol. The van der Waals surface area contributed by atoms with E-state index in [0.29, 0.717) is 31.7 Å². The molecule has 0 aromatic heterocycles. The van der Waals surface area contributed by atoms with Gasteiger partial charge in [0.2, 0.25) is 0 Å². The maximum absolute atomic E-state index is 13.0. The van der Waals surface area contributed by atoms with Crippen molar-refractivity contribution in [2.45, 2.75) is 13.3 Å². The Morgan fingerprint density at radius 1 is 0.633 bits per heavy atom. The van der Waals surface area contributed by atoms with Crippen LogP contribution in [0, 0.1) is 6.92 Å². The quantitative estimate of drug-likeness (QED) is 0.644. The van der Waals surface area contributed by atoms with Crippen LogP contribution in [0.2, 0.25) is 0 Å². The number of benzene rings is 3. The number of rotatable bonds is 3. The molecule has 0 radical (unpaired) electrons. The summed E-state index contributed by atoms with van der Waals surface area (Å²) < 4.78 is 0. The van der Waals surface area contributed by atoms with Gasteiger partial charge in [-0.2, -0.15) is 0 Å². The Morgan fingerprint density at radius 2 is 1.20 bits per heavy atom. The molecule has 152 valence electrons. The number of hydrogen-bond donors (Lipinski definition) is 0. The standard InChI is InChI=1S/C26H26N2O2/c1-20-8-5-6-11-24(20)26(30)28-17-7-16-27(18-19-28)25(29)23-14-12-22(13-15-23)21-9-3-2-4-10-21/h2-6,8-15H,7,16-19H2,1H3. The molecule has 0 spiro atoms. The van der Waals surface area contributed by atoms with Crippen molar-refractivity contribution in [3.05, 3.63) is 95.6 Å². The number of carbonyl (C=O) groups is 2. The molecule has 1 aliphatic heterocycles. The van der Waals surface area contributed by atoms with E-state index in [9.17, 15) is 9.59 Å². The first-order valence-corrected chi connectivity index (χ1v) is 10.4. The average Bonchev–Trinajstić information content (AvgIpc) is 3.06. The second-order valence-electron chi connectivity index (χ2n) is 7.70. The number of aryl methyl sites for hydroxylation is 1. The van der Waals surface area contributed by atoms with Gasteiger partial charge in [-0.05, 0) is 48.2 Å². The molecule has 1 saturated heterocycles. The molecule has 3 aromatic carbocycles. The van der Waals surface area contributed by atoms with Crippen LogP contribution in [0.3, 0.4) is 0 Å². The lowest BCUT2D eigenvalue weighted by Gasteiger charge is -2.23. The van der Waals surface area contributed by atoms with Crippen LogP contribution in [0.4, 0.5) is 0 Å². The summed E-state index contributed by atoms with van der Waals surface area (Å²) >= 11 is 0. The fourth-order valence-corrected chi connectivity index (χ4v) is 3.93. The Kier molecular flexibility index (Phi) is 5.94. The zero-order valence-corrected chi connectivity index (χ0v) is 17.3. The number of carbonyl (C=O) groups excluding carboxylic acids is 2. The largest absolute Gasteiger partial charge is 0.337 e. The van der Waals surface area contributed by atoms with Crippen LogP contribution in [-0.2, 0) is 0 Å². The van der Waals surface area contributed by atoms with Gasteiger partial charge in [-0.15, -0.1) is 0 Å². The minimum absolute atomic E-state index is 0.0276. The first-order chi connectivity index (χ1) is 14.6. The molecule has 1 heterocycles. The van der Waals surface area contributed by atoms with E-state index < -0.39 is 0 Å². The molecule has 30 heavy (non-hydrogen) atoms. The van der Waals surface area contributed by atoms with Crippen LogP contribution in [-0.4, -0.2) is 47.8 Å². The third-order valence-corrected chi connectivity index (χ3v) is 5.68. The molecule has 1 aliphatic rings. The smallest absolute Gasteiger partial charge is 0.254 e. The molecule has 4 rings (SSSR count). The third kappa shape index (κ3) is 4.28. The second-order valence-corrected chi connectivity index (χ2v) is 7.70. The Bertz CT molecular complexity index is 1030. The average molecular weight is 399 g/mol. The van der Waals surface area contributed by atoms with Crippen molar-refractivity contribution in [1.29, 1.82) is 0 Å². The predicted octanol–water partition coefficient (Wildman–Crippen LogP) is 4.65. The molecule has 0 bridgehead atoms. The normalized spacial score (nSPS) is 14.3. The molecule has 0 aliphatic carbocycles. The molecule has 1 fully saturated rings. The fraction of sp³-hybridized carbons (Fsp3) is 0.231. The van der Waals surface area contributed by atoms with Crippen molar-refractivity contribution in [2.24, 2.45) is 0 Å². The summed E-state index contributed by atoms with van der Waals surface area (Å²) in [4.78, 5) is 29.7. The van der Waals surface area contributed by atoms with Gasteiger partial charge in [-0.3, -0.25) is 9.59 Å². The van der Waals surface area contributed by atoms with Crippen molar-refractivity contribution in [3.63, 3.8) is 0 Å². The van der Waals surface area contributed by atoms with E-state index in [1.165, 1.54) is 0 Å². The highest BCUT2D eigenvalue weighted by molar-refractivity contribution is 5.96. The van der Waals surface area contributed by atoms with Gasteiger partial charge in [0.15, 0.2) is 0 Å². The van der Waals surface area contributed by atoms with Crippen LogP contribution in [0.5, 0.6) is 0 Å². The van der Waals surface area contributed by atoms with Crippen molar-refractivity contribution >= 4 is 11.8 Å². The molecule has 4 heteroatoms. The lowest BCUT2D eigenvalue weighted by atomic mass is 10.0. The molecule has 0 unspecified atom stereocenters. The molecule has 0 atom stereocenters. The van der Waals surface area contributed by atoms with Gasteiger partial charge in [0.05, 0.1) is 0 Å². The van der Waals surface area contributed by atoms with E-state index in [2.05, 4.69) is 12.1 Å². The lowest BCUT2D eigenvalue weighted by molar-refractivity contribution is 0.0718. The minimum atomic E-state index is 0.0276. The van der Waals surface area contributed by atoms with Crippen molar-refractivity contribution in [3.8, 4) is 11.1 Å². The van der Waals surface area contributed by atoms with E-state index >= 15 is 0 Å². The van der Waals surface area contributed by atoms with Crippen molar-refractivity contribution < 1.29 is 9.59 Å². The van der Waals surface area contributed by atoms with Crippen LogP contribution >= 0.6 is 0 Å². The topological polar surface area (TPSA) is 40.6 Å². The second kappa shape index (κ2) is 8.95. The highest BCUT2D eigenvalue weighted by Gasteiger charge is 2.24. The van der Waals surface area contributed by atoms with E-state index in [-0.39, 0.29) is 11.8 Å². The number of nitrogens with zero attached hydrogens (tertiary/aromatic N) is 2. The highest BCUT2D eigenvalue weighted by Crippen LogP contribution is 2.20. The first kappa shape index (κ1) is 19.9. The Morgan fingerprint density at radius 3 is 1.87 bits per heavy atom. The van der Waals surface area contributed by atoms with Gasteiger partial charge in [0, 0.05) is 37.3 Å². The van der Waals surface area contributed by atoms with Gasteiger partial charge >= 0.3 is 0 Å². The van der Waals surface area contributed by atoms with Gasteiger partial charge in [0.1, 0.15) is 0 Å². The molecule has 0 saturated carbocycles. The summed E-state index contributed by atoms with van der Waals surface area (Å²) in [5, 5.41) is 0. The molecular weight excluding hydrogens is 372 g/mol. The van der Waals surface area contributed by atoms with E-state index in [0.717, 1.165) is 28.7 Å². The fourth-order valence-electron chi connectivity index (χ4n) is 3.93. The monoisotopic (exact) mass is 398 g/mol. The maximum Gasteiger partial charge on any atom is 0.254 e. The number of hydrogen-bond acceptors (Lipinski definition) is 2. The highest BCUT2D eigenvalue weighted by atomic mass is 16.2. The zero-order chi connectivity index (χ0) is 20.9. The lowest BCUT2D eigenvalue weighted by Crippen LogP contribution is -2.37. The minimum Gasteiger partial charge on any atom is -0.337 e. The van der Waals surface area contributed by atoms with E-state index in [1.807, 2.05) is 83.5 Å². The molecule has 4 nitrogen and oxygen atoms in total. The zero-order valence-electron chi connectivity index (χ0n) is 17.3. The number of amides is 2. The molecule has 0 N–H and O–H groups in total. The Labute approximate surface area is 177 Å². The summed E-state index contributed by atoms with van der Waals surface area (Å²) in [6.07, 6.45) is 0.783. The third-order valence-electron chi connectivity index (χ3n) is 5.68. The SMILES string of the molecule is Cc1ccccc1C(=O)N1CCCN(C(=O)c2ccc(-c3ccccc3)cc2)CC1. The van der Waals surface area contributed by atoms with Gasteiger partial charge in [0.25, 0.3) is 11.8 Å². The van der Waals surface area contributed by atoms with Crippen LogP contribution < -0.4 is 0 Å². The molecule has 2 amide bonds. The summed E-state index contributed by atoms with van der Waals surface area (Å²) in [6, 6.07) is 25.6. The van der Waals surface area contributed by atoms with Crippen LogP contribution in [0.15, 0.2) is 78.9 Å². The van der Waals surface area contributed by atoms with Crippen LogP contribution in [0.25, 0.3) is 11.1 Å². The van der Waals surface area contributed by atoms with E-state index in [1.54, 1.807) is 0 Å².